The van der Waals surface area contributed by atoms with Crippen molar-refractivity contribution in [2.75, 3.05) is 39.3 Å². The first-order valence-electron chi connectivity index (χ1n) is 7.92. The number of nitrogens with zero attached hydrogens (tertiary/aromatic N) is 2. The lowest BCUT2D eigenvalue weighted by Crippen LogP contribution is -2.63. The molecule has 112 valence electrons. The Labute approximate surface area is 118 Å². The number of likely N-dealkylation sites (N-methyl/N-ethyl adjacent to an activating group) is 1. The lowest BCUT2D eigenvalue weighted by Gasteiger charge is -2.49. The fourth-order valence-electron chi connectivity index (χ4n) is 3.67. The van der Waals surface area contributed by atoms with Crippen LogP contribution in [0.1, 0.15) is 40.0 Å². The van der Waals surface area contributed by atoms with Crippen molar-refractivity contribution in [2.45, 2.75) is 57.7 Å². The van der Waals surface area contributed by atoms with E-state index in [1.165, 1.54) is 38.9 Å². The smallest absolute Gasteiger partial charge is 0.0623 e. The molecule has 0 aromatic rings. The van der Waals surface area contributed by atoms with E-state index in [4.69, 9.17) is 0 Å². The van der Waals surface area contributed by atoms with Gasteiger partial charge in [0.1, 0.15) is 0 Å². The summed E-state index contributed by atoms with van der Waals surface area (Å²) in [5, 5.41) is 13.1. The lowest BCUT2D eigenvalue weighted by molar-refractivity contribution is -0.00436. The van der Waals surface area contributed by atoms with Gasteiger partial charge in [0.05, 0.1) is 12.1 Å². The van der Waals surface area contributed by atoms with Gasteiger partial charge in [-0.1, -0.05) is 13.3 Å². The van der Waals surface area contributed by atoms with Gasteiger partial charge in [0.2, 0.25) is 0 Å². The highest BCUT2D eigenvalue weighted by Crippen LogP contribution is 2.25. The number of hydrogen-bond acceptors (Lipinski definition) is 4. The molecular formula is C15H31N3O. The number of piperazine rings is 1. The third kappa shape index (κ3) is 3.69. The monoisotopic (exact) mass is 269 g/mol. The van der Waals surface area contributed by atoms with Crippen molar-refractivity contribution in [3.05, 3.63) is 0 Å². The second-order valence-electron chi connectivity index (χ2n) is 6.67. The molecule has 2 aliphatic rings. The predicted molar refractivity (Wildman–Crippen MR) is 79.4 cm³/mol. The molecule has 0 aromatic carbocycles. The van der Waals surface area contributed by atoms with Gasteiger partial charge in [-0.2, -0.15) is 0 Å². The van der Waals surface area contributed by atoms with Crippen molar-refractivity contribution < 1.29 is 5.11 Å². The van der Waals surface area contributed by atoms with Gasteiger partial charge < -0.3 is 10.4 Å². The molecule has 0 aliphatic carbocycles. The normalized spacial score (nSPS) is 32.8. The van der Waals surface area contributed by atoms with Gasteiger partial charge in [0.15, 0.2) is 0 Å². The molecule has 2 saturated heterocycles. The first-order chi connectivity index (χ1) is 9.08. The Morgan fingerprint density at radius 3 is 2.79 bits per heavy atom. The molecular weight excluding hydrogens is 238 g/mol. The minimum Gasteiger partial charge on any atom is -0.394 e. The maximum atomic E-state index is 9.67. The van der Waals surface area contributed by atoms with Gasteiger partial charge in [-0.05, 0) is 39.8 Å². The van der Waals surface area contributed by atoms with E-state index in [9.17, 15) is 5.11 Å². The molecule has 4 nitrogen and oxygen atoms in total. The van der Waals surface area contributed by atoms with Gasteiger partial charge in [-0.3, -0.25) is 9.80 Å². The maximum absolute atomic E-state index is 9.67. The largest absolute Gasteiger partial charge is 0.394 e. The van der Waals surface area contributed by atoms with Crippen LogP contribution in [0.2, 0.25) is 0 Å². The Bertz CT molecular complexity index is 287. The summed E-state index contributed by atoms with van der Waals surface area (Å²) < 4.78 is 0. The van der Waals surface area contributed by atoms with E-state index in [-0.39, 0.29) is 12.1 Å². The first-order valence-corrected chi connectivity index (χ1v) is 7.92. The molecule has 0 aromatic heterocycles. The topological polar surface area (TPSA) is 38.7 Å². The summed E-state index contributed by atoms with van der Waals surface area (Å²) in [6.45, 7) is 12.3. The van der Waals surface area contributed by atoms with E-state index < -0.39 is 0 Å². The Kier molecular flexibility index (Phi) is 5.23. The molecule has 4 heteroatoms. The molecule has 0 saturated carbocycles. The summed E-state index contributed by atoms with van der Waals surface area (Å²) in [6.07, 6.45) is 4.10. The van der Waals surface area contributed by atoms with Crippen LogP contribution < -0.4 is 5.32 Å². The number of nitrogens with one attached hydrogen (secondary N) is 1. The van der Waals surface area contributed by atoms with Crippen molar-refractivity contribution in [1.82, 2.24) is 15.1 Å². The van der Waals surface area contributed by atoms with E-state index in [1.54, 1.807) is 0 Å². The standard InChI is InChI=1S/C15H31N3O/c1-4-16-15(3,12-19)11-18-10-14-7-5-6-8-17(14)9-13(18)2/h13-14,16,19H,4-12H2,1-3H3. The molecule has 0 spiro atoms. The molecule has 2 fully saturated rings. The second kappa shape index (κ2) is 6.53. The summed E-state index contributed by atoms with van der Waals surface area (Å²) in [4.78, 5) is 5.25. The number of aliphatic hydroxyl groups is 1. The third-order valence-corrected chi connectivity index (χ3v) is 4.82. The van der Waals surface area contributed by atoms with Crippen LogP contribution in [0.15, 0.2) is 0 Å². The highest BCUT2D eigenvalue weighted by Gasteiger charge is 2.36. The number of piperidine rings is 1. The second-order valence-corrected chi connectivity index (χ2v) is 6.67. The van der Waals surface area contributed by atoms with E-state index in [0.29, 0.717) is 6.04 Å². The van der Waals surface area contributed by atoms with Crippen molar-refractivity contribution in [1.29, 1.82) is 0 Å². The average Bonchev–Trinajstić information content (AvgIpc) is 2.40. The van der Waals surface area contributed by atoms with E-state index in [2.05, 4.69) is 35.9 Å². The quantitative estimate of drug-likeness (QED) is 0.778. The third-order valence-electron chi connectivity index (χ3n) is 4.82. The average molecular weight is 269 g/mol. The van der Waals surface area contributed by atoms with Crippen molar-refractivity contribution in [3.8, 4) is 0 Å². The zero-order valence-electron chi connectivity index (χ0n) is 12.9. The zero-order valence-corrected chi connectivity index (χ0v) is 12.9. The molecule has 3 unspecified atom stereocenters. The fourth-order valence-corrected chi connectivity index (χ4v) is 3.67. The Morgan fingerprint density at radius 2 is 2.11 bits per heavy atom. The van der Waals surface area contributed by atoms with Crippen molar-refractivity contribution >= 4 is 0 Å². The van der Waals surface area contributed by atoms with Crippen LogP contribution in [0.3, 0.4) is 0 Å². The maximum Gasteiger partial charge on any atom is 0.0623 e. The van der Waals surface area contributed by atoms with Gasteiger partial charge >= 0.3 is 0 Å². The molecule has 2 N–H and O–H groups in total. The van der Waals surface area contributed by atoms with E-state index in [1.807, 2.05) is 0 Å². The SMILES string of the molecule is CCNC(C)(CO)CN1CC2CCCCN2CC1C. The lowest BCUT2D eigenvalue weighted by atomic mass is 9.94. The summed E-state index contributed by atoms with van der Waals surface area (Å²) in [5.74, 6) is 0. The molecule has 2 rings (SSSR count). The van der Waals surface area contributed by atoms with Crippen LogP contribution in [0.25, 0.3) is 0 Å². The Morgan fingerprint density at radius 1 is 1.32 bits per heavy atom. The summed E-state index contributed by atoms with van der Waals surface area (Å²) >= 11 is 0. The molecule has 0 amide bonds. The minimum absolute atomic E-state index is 0.167. The number of fused-ring (bicyclic) bond motifs is 1. The summed E-state index contributed by atoms with van der Waals surface area (Å²) in [6, 6.07) is 1.34. The molecule has 2 aliphatic heterocycles. The van der Waals surface area contributed by atoms with Crippen LogP contribution in [-0.4, -0.2) is 71.9 Å². The van der Waals surface area contributed by atoms with Gasteiger partial charge in [-0.15, -0.1) is 0 Å². The van der Waals surface area contributed by atoms with E-state index in [0.717, 1.165) is 19.1 Å². The highest BCUT2D eigenvalue weighted by molar-refractivity contribution is 4.94. The Balaban J connectivity index is 1.95. The van der Waals surface area contributed by atoms with Crippen LogP contribution in [0.5, 0.6) is 0 Å². The van der Waals surface area contributed by atoms with E-state index >= 15 is 0 Å². The predicted octanol–water partition coefficient (Wildman–Crippen LogP) is 0.906. The van der Waals surface area contributed by atoms with Crippen LogP contribution in [-0.2, 0) is 0 Å². The van der Waals surface area contributed by atoms with Gasteiger partial charge in [0.25, 0.3) is 0 Å². The van der Waals surface area contributed by atoms with Gasteiger partial charge in [0, 0.05) is 31.7 Å². The zero-order chi connectivity index (χ0) is 13.9. The van der Waals surface area contributed by atoms with Crippen molar-refractivity contribution in [2.24, 2.45) is 0 Å². The van der Waals surface area contributed by atoms with Crippen molar-refractivity contribution in [3.63, 3.8) is 0 Å². The first kappa shape index (κ1) is 15.2. The van der Waals surface area contributed by atoms with Crippen LogP contribution >= 0.6 is 0 Å². The number of hydrogen-bond donors (Lipinski definition) is 2. The summed E-state index contributed by atoms with van der Waals surface area (Å²) in [7, 11) is 0. The number of aliphatic hydroxyl groups excluding tert-OH is 1. The van der Waals surface area contributed by atoms with Crippen LogP contribution in [0, 0.1) is 0 Å². The highest BCUT2D eigenvalue weighted by atomic mass is 16.3. The molecule has 19 heavy (non-hydrogen) atoms. The minimum atomic E-state index is -0.167. The fraction of sp³-hybridized carbons (Fsp3) is 1.00. The molecule has 3 atom stereocenters. The molecule has 0 radical (unpaired) electrons. The Hall–Kier alpha value is -0.160. The van der Waals surface area contributed by atoms with Gasteiger partial charge in [-0.25, -0.2) is 0 Å². The molecule has 0 bridgehead atoms. The number of rotatable bonds is 5. The van der Waals surface area contributed by atoms with Crippen LogP contribution in [0.4, 0.5) is 0 Å². The summed E-state index contributed by atoms with van der Waals surface area (Å²) in [5.41, 5.74) is -0.167. The molecule has 2 heterocycles.